The molecule has 94 valence electrons. The highest BCUT2D eigenvalue weighted by atomic mass is 14.3. The van der Waals surface area contributed by atoms with Crippen LogP contribution in [0.4, 0.5) is 0 Å². The van der Waals surface area contributed by atoms with Gasteiger partial charge in [0.1, 0.15) is 0 Å². The number of allylic oxidation sites excluding steroid dienone is 2. The van der Waals surface area contributed by atoms with Crippen LogP contribution in [0.1, 0.15) is 73.6 Å². The van der Waals surface area contributed by atoms with Crippen molar-refractivity contribution >= 4 is 0 Å². The molecule has 0 saturated heterocycles. The van der Waals surface area contributed by atoms with E-state index in [2.05, 4.69) is 47.6 Å². The molecule has 1 aliphatic carbocycles. The second kappa shape index (κ2) is 4.94. The molecule has 0 aromatic heterocycles. The molecule has 0 aromatic carbocycles. The van der Waals surface area contributed by atoms with Gasteiger partial charge in [0.15, 0.2) is 0 Å². The largest absolute Gasteiger partial charge is 0.0848 e. The van der Waals surface area contributed by atoms with Gasteiger partial charge in [-0.2, -0.15) is 0 Å². The van der Waals surface area contributed by atoms with Gasteiger partial charge in [-0.25, -0.2) is 0 Å². The minimum Gasteiger partial charge on any atom is -0.0848 e. The van der Waals surface area contributed by atoms with Gasteiger partial charge in [-0.1, -0.05) is 53.2 Å². The van der Waals surface area contributed by atoms with Crippen LogP contribution in [0.3, 0.4) is 0 Å². The molecule has 1 atom stereocenters. The first-order valence-corrected chi connectivity index (χ1v) is 6.84. The summed E-state index contributed by atoms with van der Waals surface area (Å²) in [5.41, 5.74) is 2.68. The lowest BCUT2D eigenvalue weighted by Gasteiger charge is -2.22. The van der Waals surface area contributed by atoms with E-state index in [1.165, 1.54) is 32.1 Å². The maximum atomic E-state index is 2.52. The van der Waals surface area contributed by atoms with Crippen LogP contribution < -0.4 is 0 Å². The van der Waals surface area contributed by atoms with Crippen molar-refractivity contribution in [2.45, 2.75) is 73.6 Å². The standard InChI is InChI=1S/C16H30/c1-15(2,3)10-9-13-7-8-14(11-13)12-16(4,5)6/h9,14H,7-8,10-12H2,1-6H3/b13-9+. The number of hydrogen-bond acceptors (Lipinski definition) is 0. The Morgan fingerprint density at radius 2 is 1.69 bits per heavy atom. The van der Waals surface area contributed by atoms with Gasteiger partial charge >= 0.3 is 0 Å². The van der Waals surface area contributed by atoms with Gasteiger partial charge in [-0.05, 0) is 48.9 Å². The molecule has 0 heterocycles. The minimum absolute atomic E-state index is 0.453. The monoisotopic (exact) mass is 222 g/mol. The molecule has 0 N–H and O–H groups in total. The first kappa shape index (κ1) is 13.8. The summed E-state index contributed by atoms with van der Waals surface area (Å²) >= 11 is 0. The Bertz CT molecular complexity index is 244. The third kappa shape index (κ3) is 5.72. The second-order valence-corrected chi connectivity index (χ2v) is 8.00. The topological polar surface area (TPSA) is 0 Å². The summed E-state index contributed by atoms with van der Waals surface area (Å²) in [6.07, 6.45) is 9.30. The van der Waals surface area contributed by atoms with Crippen molar-refractivity contribution in [2.75, 3.05) is 0 Å². The van der Waals surface area contributed by atoms with Crippen LogP contribution in [0.5, 0.6) is 0 Å². The van der Waals surface area contributed by atoms with Crippen molar-refractivity contribution in [1.29, 1.82) is 0 Å². The fourth-order valence-corrected chi connectivity index (χ4v) is 2.64. The third-order valence-corrected chi connectivity index (χ3v) is 3.33. The van der Waals surface area contributed by atoms with E-state index >= 15 is 0 Å². The smallest absolute Gasteiger partial charge is 0.0291 e. The zero-order valence-electron chi connectivity index (χ0n) is 12.2. The van der Waals surface area contributed by atoms with E-state index in [4.69, 9.17) is 0 Å². The summed E-state index contributed by atoms with van der Waals surface area (Å²) in [6.45, 7) is 14.1. The molecule has 0 amide bonds. The van der Waals surface area contributed by atoms with Crippen molar-refractivity contribution in [3.8, 4) is 0 Å². The molecule has 1 aliphatic rings. The molecule has 0 heteroatoms. The van der Waals surface area contributed by atoms with Crippen LogP contribution >= 0.6 is 0 Å². The summed E-state index contributed by atoms with van der Waals surface area (Å²) in [4.78, 5) is 0. The van der Waals surface area contributed by atoms with Gasteiger partial charge in [0, 0.05) is 0 Å². The molecule has 1 unspecified atom stereocenters. The first-order chi connectivity index (χ1) is 7.16. The Kier molecular flexibility index (Phi) is 4.26. The predicted molar refractivity (Wildman–Crippen MR) is 73.6 cm³/mol. The molecule has 0 aliphatic heterocycles. The van der Waals surface area contributed by atoms with E-state index in [0.29, 0.717) is 10.8 Å². The summed E-state index contributed by atoms with van der Waals surface area (Å²) in [6, 6.07) is 0. The Labute approximate surface area is 103 Å². The van der Waals surface area contributed by atoms with Crippen LogP contribution in [0.25, 0.3) is 0 Å². The van der Waals surface area contributed by atoms with Gasteiger partial charge < -0.3 is 0 Å². The molecule has 0 spiro atoms. The molecule has 0 aromatic rings. The van der Waals surface area contributed by atoms with Crippen LogP contribution in [-0.4, -0.2) is 0 Å². The van der Waals surface area contributed by atoms with Crippen molar-refractivity contribution in [3.63, 3.8) is 0 Å². The fraction of sp³-hybridized carbons (Fsp3) is 0.875. The fourth-order valence-electron chi connectivity index (χ4n) is 2.64. The summed E-state index contributed by atoms with van der Waals surface area (Å²) in [7, 11) is 0. The van der Waals surface area contributed by atoms with Gasteiger partial charge in [0.05, 0.1) is 0 Å². The van der Waals surface area contributed by atoms with E-state index < -0.39 is 0 Å². The average Bonchev–Trinajstić information content (AvgIpc) is 2.44. The van der Waals surface area contributed by atoms with E-state index in [9.17, 15) is 0 Å². The van der Waals surface area contributed by atoms with E-state index in [1.807, 2.05) is 0 Å². The lowest BCUT2D eigenvalue weighted by Crippen LogP contribution is -2.10. The SMILES string of the molecule is CC(C)(C)C/C=C1\CCC(CC(C)(C)C)C1. The lowest BCUT2D eigenvalue weighted by atomic mass is 9.84. The minimum atomic E-state index is 0.453. The van der Waals surface area contributed by atoms with Gasteiger partial charge in [0.2, 0.25) is 0 Å². The molecular weight excluding hydrogens is 192 g/mol. The quantitative estimate of drug-likeness (QED) is 0.535. The molecule has 1 rings (SSSR count). The highest BCUT2D eigenvalue weighted by molar-refractivity contribution is 5.09. The average molecular weight is 222 g/mol. The molecule has 0 nitrogen and oxygen atoms in total. The van der Waals surface area contributed by atoms with Crippen LogP contribution in [-0.2, 0) is 0 Å². The Balaban J connectivity index is 2.41. The summed E-state index contributed by atoms with van der Waals surface area (Å²) in [5.74, 6) is 0.950. The maximum Gasteiger partial charge on any atom is -0.0291 e. The van der Waals surface area contributed by atoms with Gasteiger partial charge in [-0.3, -0.25) is 0 Å². The zero-order chi connectivity index (χ0) is 12.4. The van der Waals surface area contributed by atoms with Crippen LogP contribution in [0.2, 0.25) is 0 Å². The normalized spacial score (nSPS) is 25.4. The highest BCUT2D eigenvalue weighted by Gasteiger charge is 2.24. The first-order valence-electron chi connectivity index (χ1n) is 6.84. The Morgan fingerprint density at radius 1 is 1.06 bits per heavy atom. The van der Waals surface area contributed by atoms with Gasteiger partial charge in [0.25, 0.3) is 0 Å². The van der Waals surface area contributed by atoms with Crippen molar-refractivity contribution in [2.24, 2.45) is 16.7 Å². The van der Waals surface area contributed by atoms with Crippen LogP contribution in [0.15, 0.2) is 11.6 Å². The number of rotatable bonds is 2. The van der Waals surface area contributed by atoms with Crippen molar-refractivity contribution in [1.82, 2.24) is 0 Å². The molecule has 1 fully saturated rings. The van der Waals surface area contributed by atoms with Gasteiger partial charge in [-0.15, -0.1) is 0 Å². The van der Waals surface area contributed by atoms with Crippen molar-refractivity contribution < 1.29 is 0 Å². The molecule has 0 bridgehead atoms. The van der Waals surface area contributed by atoms with Crippen molar-refractivity contribution in [3.05, 3.63) is 11.6 Å². The molecular formula is C16H30. The summed E-state index contributed by atoms with van der Waals surface area (Å²) in [5, 5.41) is 0. The van der Waals surface area contributed by atoms with E-state index in [0.717, 1.165) is 5.92 Å². The molecule has 16 heavy (non-hydrogen) atoms. The van der Waals surface area contributed by atoms with Crippen LogP contribution in [0, 0.1) is 16.7 Å². The second-order valence-electron chi connectivity index (χ2n) is 8.00. The van der Waals surface area contributed by atoms with E-state index in [1.54, 1.807) is 5.57 Å². The molecule has 1 saturated carbocycles. The Morgan fingerprint density at radius 3 is 2.19 bits per heavy atom. The Hall–Kier alpha value is -0.260. The summed E-state index contributed by atoms with van der Waals surface area (Å²) < 4.78 is 0. The third-order valence-electron chi connectivity index (χ3n) is 3.33. The van der Waals surface area contributed by atoms with E-state index in [-0.39, 0.29) is 0 Å². The lowest BCUT2D eigenvalue weighted by molar-refractivity contribution is 0.299. The molecule has 0 radical (unpaired) electrons. The highest BCUT2D eigenvalue weighted by Crippen LogP contribution is 2.38. The number of hydrogen-bond donors (Lipinski definition) is 0. The predicted octanol–water partition coefficient (Wildman–Crippen LogP) is 5.59. The maximum absolute atomic E-state index is 2.52. The zero-order valence-corrected chi connectivity index (χ0v) is 12.2.